The Labute approximate surface area is 131 Å². The van der Waals surface area contributed by atoms with Gasteiger partial charge in [0.25, 0.3) is 0 Å². The highest BCUT2D eigenvalue weighted by atomic mass is 35.5. The molecule has 0 saturated heterocycles. The molecule has 3 aromatic heterocycles. The van der Waals surface area contributed by atoms with E-state index in [1.807, 2.05) is 0 Å². The fraction of sp³-hybridized carbons (Fsp3) is 0.200. The lowest BCUT2D eigenvalue weighted by atomic mass is 10.3. The molecule has 1 aliphatic rings. The average Bonchev–Trinajstić information content (AvgIpc) is 3.27. The molecule has 0 bridgehead atoms. The van der Waals surface area contributed by atoms with Crippen LogP contribution >= 0.6 is 11.6 Å². The van der Waals surface area contributed by atoms with Crippen molar-refractivity contribution in [2.75, 3.05) is 5.32 Å². The Hall–Kier alpha value is -2.47. The first-order chi connectivity index (χ1) is 10.7. The maximum absolute atomic E-state index is 11.9. The van der Waals surface area contributed by atoms with E-state index in [0.717, 1.165) is 18.4 Å². The van der Waals surface area contributed by atoms with Crippen LogP contribution < -0.4 is 5.32 Å². The number of aromatic nitrogens is 4. The number of hydrogen-bond donors (Lipinski definition) is 2. The molecule has 0 radical (unpaired) electrons. The summed E-state index contributed by atoms with van der Waals surface area (Å²) >= 11 is 6.15. The van der Waals surface area contributed by atoms with Gasteiger partial charge in [-0.15, -0.1) is 0 Å². The predicted molar refractivity (Wildman–Crippen MR) is 83.5 cm³/mol. The fourth-order valence-electron chi connectivity index (χ4n) is 2.26. The molecule has 6 nitrogen and oxygen atoms in total. The van der Waals surface area contributed by atoms with E-state index in [1.165, 1.54) is 0 Å². The van der Waals surface area contributed by atoms with E-state index in [-0.39, 0.29) is 11.8 Å². The van der Waals surface area contributed by atoms with E-state index in [4.69, 9.17) is 11.6 Å². The first-order valence-corrected chi connectivity index (χ1v) is 7.36. The van der Waals surface area contributed by atoms with Crippen molar-refractivity contribution in [3.8, 4) is 11.5 Å². The molecule has 4 rings (SSSR count). The third kappa shape index (κ3) is 2.31. The van der Waals surface area contributed by atoms with Crippen LogP contribution in [0.3, 0.4) is 0 Å². The normalized spacial score (nSPS) is 14.2. The number of carbonyl (C=O) groups is 1. The van der Waals surface area contributed by atoms with Crippen molar-refractivity contribution in [2.24, 2.45) is 5.92 Å². The maximum Gasteiger partial charge on any atom is 0.228 e. The van der Waals surface area contributed by atoms with Gasteiger partial charge in [0.1, 0.15) is 11.2 Å². The second-order valence-electron chi connectivity index (χ2n) is 5.24. The minimum atomic E-state index is 0.000388. The predicted octanol–water partition coefficient (Wildman–Crippen LogP) is 3.02. The monoisotopic (exact) mass is 313 g/mol. The van der Waals surface area contributed by atoms with Crippen LogP contribution in [0.4, 0.5) is 5.82 Å². The van der Waals surface area contributed by atoms with Crippen molar-refractivity contribution in [1.82, 2.24) is 19.9 Å². The van der Waals surface area contributed by atoms with Crippen LogP contribution in [0, 0.1) is 5.92 Å². The van der Waals surface area contributed by atoms with E-state index in [1.54, 1.807) is 30.6 Å². The quantitative estimate of drug-likeness (QED) is 0.778. The topological polar surface area (TPSA) is 83.6 Å². The summed E-state index contributed by atoms with van der Waals surface area (Å²) < 4.78 is 0. The molecule has 1 fully saturated rings. The van der Waals surface area contributed by atoms with Crippen LogP contribution in [-0.2, 0) is 4.79 Å². The Morgan fingerprint density at radius 2 is 2.14 bits per heavy atom. The van der Waals surface area contributed by atoms with Crippen LogP contribution in [0.25, 0.3) is 22.6 Å². The molecule has 1 amide bonds. The van der Waals surface area contributed by atoms with E-state index in [2.05, 4.69) is 25.3 Å². The van der Waals surface area contributed by atoms with Gasteiger partial charge < -0.3 is 10.3 Å². The van der Waals surface area contributed by atoms with E-state index >= 15 is 0 Å². The van der Waals surface area contributed by atoms with E-state index in [0.29, 0.717) is 27.9 Å². The van der Waals surface area contributed by atoms with Crippen molar-refractivity contribution in [2.45, 2.75) is 12.8 Å². The lowest BCUT2D eigenvalue weighted by Crippen LogP contribution is -2.14. The van der Waals surface area contributed by atoms with Gasteiger partial charge in [-0.05, 0) is 31.0 Å². The molecule has 0 aliphatic heterocycles. The van der Waals surface area contributed by atoms with Crippen LogP contribution in [0.15, 0.2) is 30.6 Å². The summed E-state index contributed by atoms with van der Waals surface area (Å²) in [6, 6.07) is 5.32. The molecular weight excluding hydrogens is 302 g/mol. The Kier molecular flexibility index (Phi) is 3.04. The maximum atomic E-state index is 11.9. The Balaban J connectivity index is 1.77. The molecule has 0 spiro atoms. The molecule has 0 aromatic carbocycles. The first-order valence-electron chi connectivity index (χ1n) is 6.99. The summed E-state index contributed by atoms with van der Waals surface area (Å²) in [4.78, 5) is 28.0. The minimum absolute atomic E-state index is 0.000388. The highest BCUT2D eigenvalue weighted by Crippen LogP contribution is 2.31. The zero-order valence-electron chi connectivity index (χ0n) is 11.5. The van der Waals surface area contributed by atoms with Gasteiger partial charge in [0.05, 0.1) is 10.5 Å². The third-order valence-electron chi connectivity index (χ3n) is 3.57. The molecule has 7 heteroatoms. The zero-order chi connectivity index (χ0) is 15.1. The standard InChI is InChI=1S/C15H12ClN5O/c16-9-2-1-6-17-11(9)14-19-10-5-7-18-13(12(10)20-14)21-15(22)8-3-4-8/h1-2,5-8H,3-4H2,(H,19,20)(H,18,21,22). The van der Waals surface area contributed by atoms with Crippen molar-refractivity contribution in [3.05, 3.63) is 35.6 Å². The number of nitrogens with zero attached hydrogens (tertiary/aromatic N) is 3. The minimum Gasteiger partial charge on any atom is -0.336 e. The summed E-state index contributed by atoms with van der Waals surface area (Å²) in [5.41, 5.74) is 1.95. The number of nitrogens with one attached hydrogen (secondary N) is 2. The second-order valence-corrected chi connectivity index (χ2v) is 5.65. The smallest absolute Gasteiger partial charge is 0.228 e. The van der Waals surface area contributed by atoms with Crippen molar-refractivity contribution in [3.63, 3.8) is 0 Å². The molecule has 3 heterocycles. The van der Waals surface area contributed by atoms with E-state index < -0.39 is 0 Å². The van der Waals surface area contributed by atoms with Gasteiger partial charge in [-0.1, -0.05) is 11.6 Å². The number of fused-ring (bicyclic) bond motifs is 1. The molecule has 110 valence electrons. The number of H-pyrrole nitrogens is 1. The van der Waals surface area contributed by atoms with Gasteiger partial charge in [0.15, 0.2) is 11.6 Å². The molecule has 2 N–H and O–H groups in total. The highest BCUT2D eigenvalue weighted by molar-refractivity contribution is 6.32. The lowest BCUT2D eigenvalue weighted by Gasteiger charge is -2.02. The molecular formula is C15H12ClN5O. The Morgan fingerprint density at radius 1 is 1.27 bits per heavy atom. The SMILES string of the molecule is O=C(Nc1nccc2[nH]c(-c3ncccc3Cl)nc12)C1CC1. The molecule has 22 heavy (non-hydrogen) atoms. The Bertz CT molecular complexity index is 871. The number of carbonyl (C=O) groups excluding carboxylic acids is 1. The summed E-state index contributed by atoms with van der Waals surface area (Å²) in [6.45, 7) is 0. The largest absolute Gasteiger partial charge is 0.336 e. The summed E-state index contributed by atoms with van der Waals surface area (Å²) in [5, 5.41) is 3.35. The second kappa shape index (κ2) is 5.06. The van der Waals surface area contributed by atoms with Crippen LogP contribution in [0.2, 0.25) is 5.02 Å². The van der Waals surface area contributed by atoms with Gasteiger partial charge in [-0.3, -0.25) is 9.78 Å². The van der Waals surface area contributed by atoms with Crippen LogP contribution in [-0.4, -0.2) is 25.8 Å². The van der Waals surface area contributed by atoms with Crippen molar-refractivity contribution < 1.29 is 4.79 Å². The number of pyridine rings is 2. The van der Waals surface area contributed by atoms with Crippen LogP contribution in [0.1, 0.15) is 12.8 Å². The number of amides is 1. The Morgan fingerprint density at radius 3 is 2.91 bits per heavy atom. The average molecular weight is 314 g/mol. The fourth-order valence-corrected chi connectivity index (χ4v) is 2.47. The molecule has 0 unspecified atom stereocenters. The summed E-state index contributed by atoms with van der Waals surface area (Å²) in [5.74, 6) is 1.13. The molecule has 1 saturated carbocycles. The number of anilines is 1. The third-order valence-corrected chi connectivity index (χ3v) is 3.88. The molecule has 1 aliphatic carbocycles. The highest BCUT2D eigenvalue weighted by Gasteiger charge is 2.30. The summed E-state index contributed by atoms with van der Waals surface area (Å²) in [7, 11) is 0. The number of hydrogen-bond acceptors (Lipinski definition) is 4. The van der Waals surface area contributed by atoms with Crippen molar-refractivity contribution in [1.29, 1.82) is 0 Å². The number of imidazole rings is 1. The van der Waals surface area contributed by atoms with Gasteiger partial charge in [-0.25, -0.2) is 9.97 Å². The number of aromatic amines is 1. The van der Waals surface area contributed by atoms with E-state index in [9.17, 15) is 4.79 Å². The molecule has 3 aromatic rings. The number of rotatable bonds is 3. The van der Waals surface area contributed by atoms with Gasteiger partial charge in [0.2, 0.25) is 5.91 Å². The van der Waals surface area contributed by atoms with Gasteiger partial charge >= 0.3 is 0 Å². The van der Waals surface area contributed by atoms with Crippen molar-refractivity contribution >= 4 is 34.4 Å². The van der Waals surface area contributed by atoms with Gasteiger partial charge in [0, 0.05) is 18.3 Å². The first kappa shape index (κ1) is 13.2. The summed E-state index contributed by atoms with van der Waals surface area (Å²) in [6.07, 6.45) is 5.17. The number of halogens is 1. The zero-order valence-corrected chi connectivity index (χ0v) is 12.3. The molecule has 0 atom stereocenters. The lowest BCUT2D eigenvalue weighted by molar-refractivity contribution is -0.117. The van der Waals surface area contributed by atoms with Crippen LogP contribution in [0.5, 0.6) is 0 Å². The van der Waals surface area contributed by atoms with Gasteiger partial charge in [-0.2, -0.15) is 0 Å².